The van der Waals surface area contributed by atoms with Gasteiger partial charge in [0.25, 0.3) is 5.91 Å². The van der Waals surface area contributed by atoms with Crippen LogP contribution in [0.1, 0.15) is 25.0 Å². The second-order valence-corrected chi connectivity index (χ2v) is 10.3. The summed E-state index contributed by atoms with van der Waals surface area (Å²) in [5.74, 6) is -1.47. The number of amides is 3. The summed E-state index contributed by atoms with van der Waals surface area (Å²) in [6.07, 6.45) is 0.451. The second-order valence-electron chi connectivity index (χ2n) is 8.56. The largest absolute Gasteiger partial charge is 0.459 e. The van der Waals surface area contributed by atoms with Gasteiger partial charge in [0.2, 0.25) is 18.0 Å². The van der Waals surface area contributed by atoms with E-state index in [0.29, 0.717) is 6.41 Å². The average molecular weight is 468 g/mol. The van der Waals surface area contributed by atoms with Gasteiger partial charge in [-0.25, -0.2) is 4.79 Å². The van der Waals surface area contributed by atoms with Crippen LogP contribution < -0.4 is 10.6 Å². The number of benzene rings is 2. The Morgan fingerprint density at radius 3 is 2.27 bits per heavy atom. The third-order valence-corrected chi connectivity index (χ3v) is 7.46. The third-order valence-electron chi connectivity index (χ3n) is 5.82. The number of thioether (sulfide) groups is 1. The van der Waals surface area contributed by atoms with Crippen molar-refractivity contribution in [3.8, 4) is 0 Å². The maximum atomic E-state index is 13.3. The molecule has 9 heteroatoms. The first-order valence-corrected chi connectivity index (χ1v) is 11.4. The normalized spacial score (nSPS) is 24.9. The molecule has 0 saturated carbocycles. The summed E-state index contributed by atoms with van der Waals surface area (Å²) in [5, 5.41) is 4.58. The van der Waals surface area contributed by atoms with E-state index in [-0.39, 0.29) is 13.0 Å². The predicted molar refractivity (Wildman–Crippen MR) is 123 cm³/mol. The van der Waals surface area contributed by atoms with Crippen LogP contribution in [0, 0.1) is 0 Å². The van der Waals surface area contributed by atoms with Gasteiger partial charge in [-0.15, -0.1) is 11.8 Å². The van der Waals surface area contributed by atoms with Crippen molar-refractivity contribution in [3.63, 3.8) is 0 Å². The molecule has 0 radical (unpaired) electrons. The molecule has 2 heterocycles. The Hall–Kier alpha value is -3.33. The molecule has 0 aliphatic carbocycles. The number of nitrogens with zero attached hydrogens (tertiary/aromatic N) is 1. The van der Waals surface area contributed by atoms with Crippen LogP contribution in [-0.2, 0) is 36.9 Å². The Morgan fingerprint density at radius 2 is 1.67 bits per heavy atom. The minimum absolute atomic E-state index is 0.0553. The van der Waals surface area contributed by atoms with Gasteiger partial charge in [0.1, 0.15) is 18.0 Å². The van der Waals surface area contributed by atoms with Crippen LogP contribution in [0.2, 0.25) is 0 Å². The third kappa shape index (κ3) is 4.20. The van der Waals surface area contributed by atoms with Crippen LogP contribution in [0.15, 0.2) is 60.7 Å². The van der Waals surface area contributed by atoms with Gasteiger partial charge in [-0.05, 0) is 25.0 Å². The summed E-state index contributed by atoms with van der Waals surface area (Å²) in [5.41, 5.74) is 0.0110. The average Bonchev–Trinajstić information content (AvgIpc) is 3.07. The number of carbonyl (C=O) groups is 4. The highest BCUT2D eigenvalue weighted by atomic mass is 32.2. The lowest BCUT2D eigenvalue weighted by Crippen LogP contribution is -2.84. The van der Waals surface area contributed by atoms with Crippen LogP contribution in [0.4, 0.5) is 0 Å². The highest BCUT2D eigenvalue weighted by Crippen LogP contribution is 2.54. The summed E-state index contributed by atoms with van der Waals surface area (Å²) in [4.78, 5) is 51.8. The number of hydrogen-bond donors (Lipinski definition) is 2. The van der Waals surface area contributed by atoms with Gasteiger partial charge < -0.3 is 20.3 Å². The van der Waals surface area contributed by atoms with Crippen molar-refractivity contribution in [2.75, 3.05) is 0 Å². The van der Waals surface area contributed by atoms with Crippen LogP contribution in [0.25, 0.3) is 0 Å². The molecule has 3 amide bonds. The molecule has 2 aliphatic rings. The van der Waals surface area contributed by atoms with Gasteiger partial charge in [0.05, 0.1) is 6.42 Å². The number of hydrogen-bond acceptors (Lipinski definition) is 6. The molecule has 2 aromatic carbocycles. The van der Waals surface area contributed by atoms with Gasteiger partial charge in [-0.2, -0.15) is 0 Å². The van der Waals surface area contributed by atoms with E-state index in [9.17, 15) is 19.2 Å². The molecular weight excluding hydrogens is 442 g/mol. The van der Waals surface area contributed by atoms with E-state index < -0.39 is 39.6 Å². The molecule has 0 aromatic heterocycles. The summed E-state index contributed by atoms with van der Waals surface area (Å²) in [6, 6.07) is 17.5. The minimum Gasteiger partial charge on any atom is -0.459 e. The highest BCUT2D eigenvalue weighted by Gasteiger charge is 2.72. The summed E-state index contributed by atoms with van der Waals surface area (Å²) in [6.45, 7) is 3.78. The monoisotopic (exact) mass is 467 g/mol. The maximum absolute atomic E-state index is 13.3. The number of esters is 1. The molecule has 0 unspecified atom stereocenters. The van der Waals surface area contributed by atoms with E-state index in [2.05, 4.69) is 10.6 Å². The Bertz CT molecular complexity index is 1060. The summed E-state index contributed by atoms with van der Waals surface area (Å²) in [7, 11) is 0. The summed E-state index contributed by atoms with van der Waals surface area (Å²) >= 11 is 1.34. The molecule has 2 N–H and O–H groups in total. The van der Waals surface area contributed by atoms with Crippen molar-refractivity contribution in [2.45, 2.75) is 48.7 Å². The lowest BCUT2D eigenvalue weighted by molar-refractivity contribution is -0.174. The fraction of sp³-hybridized carbons (Fsp3) is 0.333. The zero-order chi connectivity index (χ0) is 23.6. The number of β-lactam (4-membered cyclic amide) rings is 1. The molecule has 172 valence electrons. The quantitative estimate of drug-likeness (QED) is 0.264. The maximum Gasteiger partial charge on any atom is 0.330 e. The zero-order valence-corrected chi connectivity index (χ0v) is 19.1. The number of carbonyl (C=O) groups excluding carboxylic acids is 4. The molecule has 4 rings (SSSR count). The Labute approximate surface area is 196 Å². The SMILES string of the molecule is CC1(C)S[C@H]2N(C(=O)[C@@]2(NC=O)NC(=O)Cc2ccccc2)[C@H]1C(=O)OCc1ccccc1. The van der Waals surface area contributed by atoms with Crippen LogP contribution in [0.3, 0.4) is 0 Å². The summed E-state index contributed by atoms with van der Waals surface area (Å²) < 4.78 is 4.82. The Balaban J connectivity index is 1.50. The molecule has 33 heavy (non-hydrogen) atoms. The first-order valence-electron chi connectivity index (χ1n) is 10.6. The van der Waals surface area contributed by atoms with E-state index in [1.807, 2.05) is 62.4 Å². The van der Waals surface area contributed by atoms with E-state index in [1.54, 1.807) is 12.1 Å². The van der Waals surface area contributed by atoms with Crippen molar-refractivity contribution in [1.82, 2.24) is 15.5 Å². The topological polar surface area (TPSA) is 105 Å². The van der Waals surface area contributed by atoms with Gasteiger partial charge >= 0.3 is 5.97 Å². The van der Waals surface area contributed by atoms with Crippen LogP contribution in [0.5, 0.6) is 0 Å². The molecular formula is C24H25N3O5S. The molecule has 0 spiro atoms. The number of rotatable bonds is 8. The smallest absolute Gasteiger partial charge is 0.330 e. The van der Waals surface area contributed by atoms with Crippen LogP contribution >= 0.6 is 11.8 Å². The zero-order valence-electron chi connectivity index (χ0n) is 18.3. The minimum atomic E-state index is -1.61. The second kappa shape index (κ2) is 8.90. The van der Waals surface area contributed by atoms with Gasteiger partial charge in [-0.3, -0.25) is 14.4 Å². The Kier molecular flexibility index (Phi) is 6.16. The molecule has 2 aliphatic heterocycles. The predicted octanol–water partition coefficient (Wildman–Crippen LogP) is 1.59. The van der Waals surface area contributed by atoms with E-state index in [1.165, 1.54) is 16.7 Å². The van der Waals surface area contributed by atoms with Gasteiger partial charge in [0.15, 0.2) is 0 Å². The molecule has 8 nitrogen and oxygen atoms in total. The number of ether oxygens (including phenoxy) is 1. The number of fused-ring (bicyclic) bond motifs is 1. The molecule has 0 bridgehead atoms. The lowest BCUT2D eigenvalue weighted by atomic mass is 9.91. The van der Waals surface area contributed by atoms with E-state index in [4.69, 9.17) is 4.74 Å². The Morgan fingerprint density at radius 1 is 1.06 bits per heavy atom. The first kappa shape index (κ1) is 22.8. The van der Waals surface area contributed by atoms with E-state index in [0.717, 1.165) is 11.1 Å². The first-order chi connectivity index (χ1) is 15.8. The van der Waals surface area contributed by atoms with E-state index >= 15 is 0 Å². The number of nitrogens with one attached hydrogen (secondary N) is 2. The fourth-order valence-corrected chi connectivity index (χ4v) is 5.92. The van der Waals surface area contributed by atoms with Crippen molar-refractivity contribution < 1.29 is 23.9 Å². The fourth-order valence-electron chi connectivity index (χ4n) is 4.27. The van der Waals surface area contributed by atoms with Crippen molar-refractivity contribution >= 4 is 36.0 Å². The standard InChI is InChI=1S/C24H25N3O5S/c1-23(2)19(20(30)32-14-17-11-7-4-8-12-17)27-21(31)24(25-15-28,22(27)33-23)26-18(29)13-16-9-5-3-6-10-16/h3-12,15,19,22H,13-14H2,1-2H3,(H,25,28)(H,26,29)/t19-,22+,24+/m0/s1. The molecule has 2 aromatic rings. The van der Waals surface area contributed by atoms with Crippen LogP contribution in [-0.4, -0.2) is 50.9 Å². The highest BCUT2D eigenvalue weighted by molar-refractivity contribution is 8.01. The molecule has 3 atom stereocenters. The van der Waals surface area contributed by atoms with Gasteiger partial charge in [-0.1, -0.05) is 60.7 Å². The van der Waals surface area contributed by atoms with Crippen molar-refractivity contribution in [1.29, 1.82) is 0 Å². The van der Waals surface area contributed by atoms with Crippen molar-refractivity contribution in [3.05, 3.63) is 71.8 Å². The molecule has 2 saturated heterocycles. The molecule has 2 fully saturated rings. The van der Waals surface area contributed by atoms with Gasteiger partial charge in [0, 0.05) is 4.75 Å². The van der Waals surface area contributed by atoms with Crippen molar-refractivity contribution in [2.24, 2.45) is 0 Å². The lowest BCUT2D eigenvalue weighted by Gasteiger charge is -2.52.